The fourth-order valence-electron chi connectivity index (χ4n) is 3.63. The minimum Gasteiger partial charge on any atom is -0.481 e. The molecule has 2 bridgehead atoms. The Hall–Kier alpha value is -3.04. The normalized spacial score (nSPS) is 18.8. The molecule has 0 atom stereocenters. The van der Waals surface area contributed by atoms with E-state index in [2.05, 4.69) is 64.2 Å². The lowest BCUT2D eigenvalue weighted by Gasteiger charge is -2.44. The third-order valence-corrected chi connectivity index (χ3v) is 6.46. The van der Waals surface area contributed by atoms with Crippen LogP contribution in [0.5, 0.6) is 0 Å². The summed E-state index contributed by atoms with van der Waals surface area (Å²) in [5.74, 6) is 0.0323. The summed E-state index contributed by atoms with van der Waals surface area (Å²) in [5, 5.41) is 13.3. The molecule has 0 spiro atoms. The van der Waals surface area contributed by atoms with Gasteiger partial charge in [-0.15, -0.1) is 0 Å². The van der Waals surface area contributed by atoms with E-state index in [9.17, 15) is 9.59 Å². The number of carboxylic acids is 1. The number of carbonyl (C=O) groups is 3. The van der Waals surface area contributed by atoms with Crippen molar-refractivity contribution in [1.82, 2.24) is 14.9 Å². The van der Waals surface area contributed by atoms with E-state index in [0.29, 0.717) is 6.54 Å². The summed E-state index contributed by atoms with van der Waals surface area (Å²) in [6.45, 7) is 8.85. The van der Waals surface area contributed by atoms with E-state index >= 15 is 0 Å². The second-order valence-electron chi connectivity index (χ2n) is 7.75. The second-order valence-corrected chi connectivity index (χ2v) is 8.87. The van der Waals surface area contributed by atoms with Gasteiger partial charge in [-0.3, -0.25) is 9.59 Å². The Balaban J connectivity index is 0.000000305. The third-order valence-electron chi connectivity index (χ3n) is 5.30. The zero-order chi connectivity index (χ0) is 25.2. The van der Waals surface area contributed by atoms with Crippen LogP contribution in [0.4, 0.5) is 4.79 Å². The first-order chi connectivity index (χ1) is 16.4. The van der Waals surface area contributed by atoms with Gasteiger partial charge in [0, 0.05) is 30.6 Å². The molecule has 0 radical (unpaired) electrons. The van der Waals surface area contributed by atoms with Gasteiger partial charge in [-0.1, -0.05) is 49.6 Å². The van der Waals surface area contributed by atoms with E-state index in [1.807, 2.05) is 11.9 Å². The van der Waals surface area contributed by atoms with Crippen molar-refractivity contribution in [3.05, 3.63) is 67.3 Å². The number of rotatable bonds is 9. The number of benzene rings is 1. The first kappa shape index (κ1) is 29.0. The van der Waals surface area contributed by atoms with E-state index < -0.39 is 12.0 Å². The van der Waals surface area contributed by atoms with Crippen LogP contribution in [0.15, 0.2) is 72.2 Å². The quantitative estimate of drug-likeness (QED) is 0.238. The van der Waals surface area contributed by atoms with Gasteiger partial charge < -0.3 is 21.5 Å². The number of fused-ring (bicyclic) bond motifs is 3. The zero-order valence-electron chi connectivity index (χ0n) is 19.5. The van der Waals surface area contributed by atoms with Crippen molar-refractivity contribution in [2.24, 2.45) is 11.7 Å². The standard InChI is InChI=1S/C13H17NS.C11H16N2O3.CH3NO/c1-2-4-13(5-3-1)15-14-10-11-6-8-12(14)9-7-11;1-3-5-9(4-2)8-13-11(16)12-7-6-10(14)15;2-1-3/h1-5,11-12H,6-10H2;3-5H,1-2,6-8H2,(H,14,15)(H2,12,13,16);1H,(H2,2,3)/b;9-5+;. The molecule has 3 aliphatic rings. The van der Waals surface area contributed by atoms with Crippen LogP contribution in [-0.4, -0.2) is 53.5 Å². The summed E-state index contributed by atoms with van der Waals surface area (Å²) in [7, 11) is 0. The van der Waals surface area contributed by atoms with Gasteiger partial charge in [-0.25, -0.2) is 9.10 Å². The number of nitrogens with two attached hydrogens (primary N) is 1. The fraction of sp³-hybridized carbons (Fsp3) is 0.400. The number of nitrogens with zero attached hydrogens (tertiary/aromatic N) is 1. The number of piperidine rings is 2. The van der Waals surface area contributed by atoms with Gasteiger partial charge in [0.25, 0.3) is 0 Å². The number of allylic oxidation sites excluding steroid dienone is 2. The molecular formula is C25H36N4O4S. The minimum absolute atomic E-state index is 0.0930. The summed E-state index contributed by atoms with van der Waals surface area (Å²) in [5.41, 5.74) is 4.99. The first-order valence-electron chi connectivity index (χ1n) is 11.3. The molecule has 9 heteroatoms. The largest absolute Gasteiger partial charge is 0.481 e. The molecule has 1 aromatic carbocycles. The van der Waals surface area contributed by atoms with Crippen LogP contribution >= 0.6 is 11.9 Å². The second kappa shape index (κ2) is 17.4. The minimum atomic E-state index is -0.946. The molecule has 0 aromatic heterocycles. The number of amides is 3. The maximum Gasteiger partial charge on any atom is 0.315 e. The van der Waals surface area contributed by atoms with Gasteiger partial charge >= 0.3 is 12.0 Å². The molecule has 4 rings (SSSR count). The Morgan fingerprint density at radius 1 is 1.15 bits per heavy atom. The highest BCUT2D eigenvalue weighted by molar-refractivity contribution is 7.97. The predicted molar refractivity (Wildman–Crippen MR) is 137 cm³/mol. The average Bonchev–Trinajstić information content (AvgIpc) is 2.84. The van der Waals surface area contributed by atoms with Crippen molar-refractivity contribution < 1.29 is 19.5 Å². The number of nitrogens with one attached hydrogen (secondary N) is 2. The Bertz CT molecular complexity index is 808. The van der Waals surface area contributed by atoms with Crippen LogP contribution in [0, 0.1) is 5.92 Å². The highest BCUT2D eigenvalue weighted by Crippen LogP contribution is 2.40. The lowest BCUT2D eigenvalue weighted by atomic mass is 9.82. The van der Waals surface area contributed by atoms with E-state index in [4.69, 9.17) is 9.90 Å². The van der Waals surface area contributed by atoms with Crippen LogP contribution < -0.4 is 16.4 Å². The van der Waals surface area contributed by atoms with Crippen LogP contribution in [0.1, 0.15) is 32.1 Å². The predicted octanol–water partition coefficient (Wildman–Crippen LogP) is 3.73. The van der Waals surface area contributed by atoms with E-state index in [-0.39, 0.29) is 19.4 Å². The van der Waals surface area contributed by atoms with Crippen molar-refractivity contribution in [3.8, 4) is 0 Å². The molecule has 34 heavy (non-hydrogen) atoms. The fourth-order valence-corrected chi connectivity index (χ4v) is 4.82. The van der Waals surface area contributed by atoms with Crippen molar-refractivity contribution >= 4 is 30.4 Å². The molecule has 2 saturated heterocycles. The summed E-state index contributed by atoms with van der Waals surface area (Å²) in [6, 6.07) is 11.2. The average molecular weight is 489 g/mol. The summed E-state index contributed by atoms with van der Waals surface area (Å²) in [6.07, 6.45) is 10.9. The summed E-state index contributed by atoms with van der Waals surface area (Å²) < 4.78 is 2.62. The number of primary amides is 1. The van der Waals surface area contributed by atoms with Crippen molar-refractivity contribution in [2.75, 3.05) is 19.6 Å². The van der Waals surface area contributed by atoms with Crippen LogP contribution in [-0.2, 0) is 9.59 Å². The van der Waals surface area contributed by atoms with Gasteiger partial charge in [0.05, 0.1) is 6.42 Å². The highest BCUT2D eigenvalue weighted by atomic mass is 32.2. The molecular weight excluding hydrogens is 452 g/mol. The molecule has 0 unspecified atom stereocenters. The molecule has 8 nitrogen and oxygen atoms in total. The maximum atomic E-state index is 11.1. The number of carboxylic acid groups (broad SMARTS) is 1. The molecule has 5 N–H and O–H groups in total. The van der Waals surface area contributed by atoms with Gasteiger partial charge in [0.1, 0.15) is 0 Å². The van der Waals surface area contributed by atoms with Gasteiger partial charge in [0.15, 0.2) is 0 Å². The van der Waals surface area contributed by atoms with Gasteiger partial charge in [-0.2, -0.15) is 0 Å². The zero-order valence-corrected chi connectivity index (χ0v) is 20.3. The molecule has 1 aromatic rings. The Kier molecular flexibility index (Phi) is 14.9. The Labute approximate surface area is 206 Å². The van der Waals surface area contributed by atoms with Crippen molar-refractivity contribution in [2.45, 2.75) is 43.0 Å². The number of hydrogen-bond donors (Lipinski definition) is 4. The molecule has 186 valence electrons. The third kappa shape index (κ3) is 12.3. The van der Waals surface area contributed by atoms with Crippen LogP contribution in [0.3, 0.4) is 0 Å². The lowest BCUT2D eigenvalue weighted by molar-refractivity contribution is -0.136. The summed E-state index contributed by atoms with van der Waals surface area (Å²) in [4.78, 5) is 31.3. The van der Waals surface area contributed by atoms with E-state index in [1.165, 1.54) is 37.1 Å². The van der Waals surface area contributed by atoms with Crippen molar-refractivity contribution in [3.63, 3.8) is 0 Å². The highest BCUT2D eigenvalue weighted by Gasteiger charge is 2.34. The maximum absolute atomic E-state index is 11.1. The number of carbonyl (C=O) groups excluding carboxylic acids is 2. The topological polar surface area (TPSA) is 125 Å². The smallest absolute Gasteiger partial charge is 0.315 e. The molecule has 1 aliphatic carbocycles. The monoisotopic (exact) mass is 488 g/mol. The first-order valence-corrected chi connectivity index (χ1v) is 12.0. The van der Waals surface area contributed by atoms with Crippen LogP contribution in [0.2, 0.25) is 0 Å². The molecule has 3 fully saturated rings. The van der Waals surface area contributed by atoms with E-state index in [1.54, 1.807) is 18.2 Å². The SMILES string of the molecule is C=C/C=C(\C=C)CNC(=O)NCCC(=O)O.NC=O.c1ccc(SN2CC3CCC2CC3)cc1. The number of urea groups is 1. The Morgan fingerprint density at radius 3 is 2.29 bits per heavy atom. The van der Waals surface area contributed by atoms with E-state index in [0.717, 1.165) is 17.5 Å². The Morgan fingerprint density at radius 2 is 1.79 bits per heavy atom. The molecule has 2 heterocycles. The number of hydrogen-bond acceptors (Lipinski definition) is 5. The summed E-state index contributed by atoms with van der Waals surface area (Å²) >= 11 is 1.96. The molecule has 2 aliphatic heterocycles. The van der Waals surface area contributed by atoms with Gasteiger partial charge in [0.2, 0.25) is 6.41 Å². The number of aliphatic carboxylic acids is 1. The van der Waals surface area contributed by atoms with Crippen LogP contribution in [0.25, 0.3) is 0 Å². The lowest BCUT2D eigenvalue weighted by Crippen LogP contribution is -2.43. The molecule has 3 amide bonds. The molecule has 1 saturated carbocycles. The van der Waals surface area contributed by atoms with Gasteiger partial charge in [-0.05, 0) is 61.3 Å². The van der Waals surface area contributed by atoms with Crippen molar-refractivity contribution in [1.29, 1.82) is 0 Å².